The Bertz CT molecular complexity index is 977. The molecule has 26 heavy (non-hydrogen) atoms. The van der Waals surface area contributed by atoms with E-state index in [1.807, 2.05) is 6.20 Å². The standard InChI is InChI=1S/C19H15ClF3NO2/c20-16-7-12(25)6-15(19(21,22)23)18(16)26-13-3-4-17-14(8-13)11(9-24-17)5-10-1-2-10/h3-4,6-10,24-25H,1-2,5H2. The van der Waals surface area contributed by atoms with Crippen LogP contribution in [-0.4, -0.2) is 10.1 Å². The summed E-state index contributed by atoms with van der Waals surface area (Å²) in [7, 11) is 0. The molecule has 1 fully saturated rings. The van der Waals surface area contributed by atoms with Crippen LogP contribution >= 0.6 is 11.6 Å². The van der Waals surface area contributed by atoms with E-state index < -0.39 is 23.2 Å². The van der Waals surface area contributed by atoms with Gasteiger partial charge in [0, 0.05) is 23.2 Å². The Morgan fingerprint density at radius 3 is 2.65 bits per heavy atom. The molecule has 0 unspecified atom stereocenters. The molecule has 0 aliphatic heterocycles. The molecule has 2 N–H and O–H groups in total. The quantitative estimate of drug-likeness (QED) is 0.557. The highest BCUT2D eigenvalue weighted by molar-refractivity contribution is 6.32. The number of phenolic OH excluding ortho intramolecular Hbond substituents is 1. The SMILES string of the molecule is Oc1cc(Cl)c(Oc2ccc3[nH]cc(CC4CC4)c3c2)c(C(F)(F)F)c1. The number of aromatic nitrogens is 1. The third-order valence-electron chi connectivity index (χ3n) is 4.50. The summed E-state index contributed by atoms with van der Waals surface area (Å²) in [6.45, 7) is 0. The Labute approximate surface area is 152 Å². The average molecular weight is 382 g/mol. The number of alkyl halides is 3. The van der Waals surface area contributed by atoms with Gasteiger partial charge < -0.3 is 14.8 Å². The van der Waals surface area contributed by atoms with Crippen LogP contribution in [-0.2, 0) is 12.6 Å². The zero-order valence-corrected chi connectivity index (χ0v) is 14.3. The molecule has 0 amide bonds. The van der Waals surface area contributed by atoms with E-state index in [1.165, 1.54) is 12.8 Å². The number of rotatable bonds is 4. The number of H-pyrrole nitrogens is 1. The highest BCUT2D eigenvalue weighted by Crippen LogP contribution is 2.45. The van der Waals surface area contributed by atoms with Crippen LogP contribution in [0.1, 0.15) is 24.0 Å². The summed E-state index contributed by atoms with van der Waals surface area (Å²) in [4.78, 5) is 3.17. The molecule has 0 spiro atoms. The minimum absolute atomic E-state index is 0.257. The highest BCUT2D eigenvalue weighted by atomic mass is 35.5. The van der Waals surface area contributed by atoms with Crippen molar-refractivity contribution in [3.05, 3.63) is 52.7 Å². The summed E-state index contributed by atoms with van der Waals surface area (Å²) in [5.41, 5.74) is 0.913. The van der Waals surface area contributed by atoms with Gasteiger partial charge in [0.1, 0.15) is 17.1 Å². The fourth-order valence-electron chi connectivity index (χ4n) is 3.03. The van der Waals surface area contributed by atoms with Crippen molar-refractivity contribution in [1.82, 2.24) is 4.98 Å². The number of fused-ring (bicyclic) bond motifs is 1. The number of hydrogen-bond donors (Lipinski definition) is 2. The molecular weight excluding hydrogens is 367 g/mol. The van der Waals surface area contributed by atoms with E-state index in [0.717, 1.165) is 29.0 Å². The van der Waals surface area contributed by atoms with Crippen LogP contribution in [0.4, 0.5) is 13.2 Å². The summed E-state index contributed by atoms with van der Waals surface area (Å²) < 4.78 is 45.3. The molecule has 4 rings (SSSR count). The molecule has 0 bridgehead atoms. The van der Waals surface area contributed by atoms with Crippen LogP contribution in [0.15, 0.2) is 36.5 Å². The molecule has 1 aliphatic carbocycles. The van der Waals surface area contributed by atoms with Crippen molar-refractivity contribution in [2.75, 3.05) is 0 Å². The maximum absolute atomic E-state index is 13.3. The fraction of sp³-hybridized carbons (Fsp3) is 0.263. The number of ether oxygens (including phenoxy) is 1. The Morgan fingerprint density at radius 2 is 1.96 bits per heavy atom. The number of aromatic hydroxyl groups is 1. The molecule has 1 saturated carbocycles. The van der Waals surface area contributed by atoms with Gasteiger partial charge in [-0.1, -0.05) is 11.6 Å². The molecule has 0 atom stereocenters. The van der Waals surface area contributed by atoms with Gasteiger partial charge in [-0.3, -0.25) is 0 Å². The Morgan fingerprint density at radius 1 is 1.19 bits per heavy atom. The van der Waals surface area contributed by atoms with Gasteiger partial charge in [0.15, 0.2) is 5.75 Å². The van der Waals surface area contributed by atoms with Gasteiger partial charge in [0.2, 0.25) is 0 Å². The third kappa shape index (κ3) is 3.33. The molecule has 3 aromatic rings. The van der Waals surface area contributed by atoms with E-state index in [9.17, 15) is 18.3 Å². The van der Waals surface area contributed by atoms with Crippen molar-refractivity contribution in [3.63, 3.8) is 0 Å². The molecule has 2 aromatic carbocycles. The summed E-state index contributed by atoms with van der Waals surface area (Å²) in [6.07, 6.45) is 0.591. The lowest BCUT2D eigenvalue weighted by Crippen LogP contribution is -2.07. The molecule has 1 aliphatic rings. The summed E-state index contributed by atoms with van der Waals surface area (Å²) in [5, 5.41) is 10.1. The molecule has 1 aromatic heterocycles. The van der Waals surface area contributed by atoms with E-state index in [4.69, 9.17) is 16.3 Å². The lowest BCUT2D eigenvalue weighted by atomic mass is 10.1. The van der Waals surface area contributed by atoms with Gasteiger partial charge in [0.05, 0.1) is 5.02 Å². The summed E-state index contributed by atoms with van der Waals surface area (Å²) in [6, 6.07) is 6.70. The largest absolute Gasteiger partial charge is 0.508 e. The first kappa shape index (κ1) is 17.1. The van der Waals surface area contributed by atoms with Crippen LogP contribution in [0.3, 0.4) is 0 Å². The number of aromatic amines is 1. The van der Waals surface area contributed by atoms with Crippen LogP contribution in [0.2, 0.25) is 5.02 Å². The first-order valence-corrected chi connectivity index (χ1v) is 8.56. The van der Waals surface area contributed by atoms with Crippen molar-refractivity contribution in [2.45, 2.75) is 25.4 Å². The fourth-order valence-corrected chi connectivity index (χ4v) is 3.29. The second kappa shape index (κ2) is 6.13. The van der Waals surface area contributed by atoms with Crippen LogP contribution in [0.5, 0.6) is 17.2 Å². The van der Waals surface area contributed by atoms with Crippen LogP contribution in [0.25, 0.3) is 10.9 Å². The smallest absolute Gasteiger partial charge is 0.420 e. The van der Waals surface area contributed by atoms with E-state index in [0.29, 0.717) is 12.0 Å². The van der Waals surface area contributed by atoms with Crippen molar-refractivity contribution in [3.8, 4) is 17.2 Å². The minimum Gasteiger partial charge on any atom is -0.508 e. The van der Waals surface area contributed by atoms with Gasteiger partial charge in [-0.15, -0.1) is 0 Å². The first-order valence-electron chi connectivity index (χ1n) is 8.19. The molecule has 7 heteroatoms. The van der Waals surface area contributed by atoms with Gasteiger partial charge in [-0.25, -0.2) is 0 Å². The maximum atomic E-state index is 13.3. The van der Waals surface area contributed by atoms with E-state index in [-0.39, 0.29) is 10.8 Å². The maximum Gasteiger partial charge on any atom is 0.420 e. The predicted octanol–water partition coefficient (Wildman–Crippen LogP) is 6.29. The Hall–Kier alpha value is -2.34. The van der Waals surface area contributed by atoms with Crippen molar-refractivity contribution in [2.24, 2.45) is 5.92 Å². The highest BCUT2D eigenvalue weighted by Gasteiger charge is 2.36. The van der Waals surface area contributed by atoms with E-state index in [2.05, 4.69) is 4.98 Å². The normalized spacial score (nSPS) is 14.8. The predicted molar refractivity (Wildman–Crippen MR) is 92.9 cm³/mol. The molecule has 0 radical (unpaired) electrons. The van der Waals surface area contributed by atoms with Crippen LogP contribution in [0, 0.1) is 5.92 Å². The van der Waals surface area contributed by atoms with E-state index in [1.54, 1.807) is 18.2 Å². The number of benzene rings is 2. The van der Waals surface area contributed by atoms with E-state index >= 15 is 0 Å². The van der Waals surface area contributed by atoms with Crippen molar-refractivity contribution >= 4 is 22.5 Å². The number of nitrogens with one attached hydrogen (secondary N) is 1. The molecular formula is C19H15ClF3NO2. The summed E-state index contributed by atoms with van der Waals surface area (Å²) >= 11 is 5.90. The second-order valence-corrected chi connectivity index (χ2v) is 6.98. The van der Waals surface area contributed by atoms with Gasteiger partial charge in [-0.2, -0.15) is 13.2 Å². The number of phenols is 1. The van der Waals surface area contributed by atoms with Gasteiger partial charge in [-0.05, 0) is 55.0 Å². The molecule has 136 valence electrons. The molecule has 1 heterocycles. The number of halogens is 4. The lowest BCUT2D eigenvalue weighted by Gasteiger charge is -2.16. The van der Waals surface area contributed by atoms with Crippen molar-refractivity contribution < 1.29 is 23.0 Å². The number of hydrogen-bond acceptors (Lipinski definition) is 2. The minimum atomic E-state index is -4.70. The summed E-state index contributed by atoms with van der Waals surface area (Å²) in [5.74, 6) is -0.146. The van der Waals surface area contributed by atoms with Gasteiger partial charge in [0.25, 0.3) is 0 Å². The lowest BCUT2D eigenvalue weighted by molar-refractivity contribution is -0.138. The zero-order chi connectivity index (χ0) is 18.5. The Kier molecular flexibility index (Phi) is 4.03. The van der Waals surface area contributed by atoms with Crippen LogP contribution < -0.4 is 4.74 Å². The topological polar surface area (TPSA) is 45.2 Å². The second-order valence-electron chi connectivity index (χ2n) is 6.57. The van der Waals surface area contributed by atoms with Gasteiger partial charge >= 0.3 is 6.18 Å². The Balaban J connectivity index is 1.73. The monoisotopic (exact) mass is 381 g/mol. The molecule has 0 saturated heterocycles. The zero-order valence-electron chi connectivity index (χ0n) is 13.5. The first-order chi connectivity index (χ1) is 12.3. The average Bonchev–Trinajstić information content (AvgIpc) is 3.29. The van der Waals surface area contributed by atoms with Crippen molar-refractivity contribution in [1.29, 1.82) is 0 Å². The molecule has 3 nitrogen and oxygen atoms in total. The third-order valence-corrected chi connectivity index (χ3v) is 4.78.